The van der Waals surface area contributed by atoms with Crippen molar-refractivity contribution >= 4 is 29.0 Å². The maximum atomic E-state index is 11.4. The minimum absolute atomic E-state index is 0.265. The van der Waals surface area contributed by atoms with Crippen LogP contribution in [0.2, 0.25) is 0 Å². The highest BCUT2D eigenvalue weighted by atomic mass is 32.2. The fourth-order valence-electron chi connectivity index (χ4n) is 2.43. The summed E-state index contributed by atoms with van der Waals surface area (Å²) in [4.78, 5) is 23.2. The minimum atomic E-state index is -0.952. The van der Waals surface area contributed by atoms with Crippen molar-refractivity contribution in [3.63, 3.8) is 0 Å². The summed E-state index contributed by atoms with van der Waals surface area (Å²) in [6.07, 6.45) is 0.797. The van der Waals surface area contributed by atoms with Crippen LogP contribution in [-0.4, -0.2) is 42.9 Å². The van der Waals surface area contributed by atoms with Gasteiger partial charge >= 0.3 is 5.97 Å². The third-order valence-electron chi connectivity index (χ3n) is 3.82. The molecule has 1 saturated heterocycles. The fourth-order valence-corrected chi connectivity index (χ4v) is 3.18. The number of benzene rings is 2. The highest BCUT2D eigenvalue weighted by Crippen LogP contribution is 2.28. The lowest BCUT2D eigenvalue weighted by Crippen LogP contribution is -2.24. The second-order valence-corrected chi connectivity index (χ2v) is 6.81. The van der Waals surface area contributed by atoms with E-state index >= 15 is 0 Å². The molecule has 146 valence electrons. The van der Waals surface area contributed by atoms with Gasteiger partial charge in [0, 0.05) is 4.91 Å². The first-order chi connectivity index (χ1) is 13.5. The molecule has 1 atom stereocenters. The Hall–Kier alpha value is -2.97. The van der Waals surface area contributed by atoms with Crippen LogP contribution in [0.25, 0.3) is 6.08 Å². The van der Waals surface area contributed by atoms with E-state index in [-0.39, 0.29) is 5.24 Å². The average Bonchev–Trinajstić information content (AvgIpc) is 3.03. The lowest BCUT2D eigenvalue weighted by atomic mass is 10.2. The Morgan fingerprint density at radius 1 is 1.07 bits per heavy atom. The number of aliphatic hydroxyl groups excluding tert-OH is 1. The predicted octanol–water partition coefficient (Wildman–Crippen LogP) is 3.05. The molecule has 2 aromatic rings. The molecule has 1 aliphatic rings. The molecule has 0 aromatic heterocycles. The molecular weight excluding hydrogens is 382 g/mol. The van der Waals surface area contributed by atoms with Gasteiger partial charge in [0.2, 0.25) is 0 Å². The van der Waals surface area contributed by atoms with E-state index in [2.05, 4.69) is 10.1 Å². The van der Waals surface area contributed by atoms with Crippen molar-refractivity contribution in [2.75, 3.05) is 20.3 Å². The van der Waals surface area contributed by atoms with Crippen molar-refractivity contribution in [3.8, 4) is 11.5 Å². The summed E-state index contributed by atoms with van der Waals surface area (Å²) < 4.78 is 15.8. The molecule has 1 heterocycles. The lowest BCUT2D eigenvalue weighted by Gasteiger charge is -2.09. The summed E-state index contributed by atoms with van der Waals surface area (Å²) in [5.74, 6) is 0.924. The van der Waals surface area contributed by atoms with Crippen LogP contribution in [0.15, 0.2) is 53.4 Å². The molecule has 8 heteroatoms. The molecule has 0 spiro atoms. The monoisotopic (exact) mass is 401 g/mol. The quantitative estimate of drug-likeness (QED) is 0.544. The Morgan fingerprint density at radius 3 is 2.14 bits per heavy atom. The number of rotatable bonds is 7. The third-order valence-corrected chi connectivity index (χ3v) is 4.70. The average molecular weight is 401 g/mol. The number of nitrogens with one attached hydrogen (secondary N) is 1. The van der Waals surface area contributed by atoms with Gasteiger partial charge in [0.25, 0.3) is 5.24 Å². The number of carbonyl (C=O) groups excluding carboxylic acids is 2. The van der Waals surface area contributed by atoms with Gasteiger partial charge in [-0.2, -0.15) is 0 Å². The number of esters is 1. The molecule has 7 nitrogen and oxygen atoms in total. The van der Waals surface area contributed by atoms with Gasteiger partial charge in [0.15, 0.2) is 6.23 Å². The van der Waals surface area contributed by atoms with Gasteiger partial charge in [-0.25, -0.2) is 4.79 Å². The zero-order valence-corrected chi connectivity index (χ0v) is 15.9. The van der Waals surface area contributed by atoms with Crippen LogP contribution in [0.1, 0.15) is 15.9 Å². The molecule has 28 heavy (non-hydrogen) atoms. The SMILES string of the molecule is COC(=O)c1ccc(OCCOc2ccc(/C=C3/SC(=O)NC3O)cc2)cc1. The van der Waals surface area contributed by atoms with Crippen molar-refractivity contribution in [2.24, 2.45) is 0 Å². The summed E-state index contributed by atoms with van der Waals surface area (Å²) >= 11 is 0.979. The first-order valence-corrected chi connectivity index (χ1v) is 9.29. The molecule has 1 fully saturated rings. The highest BCUT2D eigenvalue weighted by molar-refractivity contribution is 8.17. The van der Waals surface area contributed by atoms with Crippen molar-refractivity contribution in [3.05, 3.63) is 64.6 Å². The molecular formula is C20H19NO6S. The van der Waals surface area contributed by atoms with Gasteiger partial charge in [-0.1, -0.05) is 12.1 Å². The van der Waals surface area contributed by atoms with Gasteiger partial charge in [-0.3, -0.25) is 4.79 Å². The summed E-state index contributed by atoms with van der Waals surface area (Å²) in [5, 5.41) is 11.8. The van der Waals surface area contributed by atoms with E-state index in [1.54, 1.807) is 42.5 Å². The Morgan fingerprint density at radius 2 is 1.64 bits per heavy atom. The summed E-state index contributed by atoms with van der Waals surface area (Å²) in [5.41, 5.74) is 1.32. The van der Waals surface area contributed by atoms with Gasteiger partial charge < -0.3 is 24.6 Å². The fraction of sp³-hybridized carbons (Fsp3) is 0.200. The van der Waals surface area contributed by atoms with Gasteiger partial charge in [-0.15, -0.1) is 0 Å². The summed E-state index contributed by atoms with van der Waals surface area (Å²) in [6, 6.07) is 14.0. The number of hydrogen-bond donors (Lipinski definition) is 2. The number of hydrogen-bond acceptors (Lipinski definition) is 7. The van der Waals surface area contributed by atoms with Crippen LogP contribution >= 0.6 is 11.8 Å². The maximum absolute atomic E-state index is 11.4. The second kappa shape index (κ2) is 9.29. The van der Waals surface area contributed by atoms with Crippen LogP contribution in [-0.2, 0) is 4.74 Å². The van der Waals surface area contributed by atoms with E-state index in [0.29, 0.717) is 35.2 Å². The molecule has 1 amide bonds. The van der Waals surface area contributed by atoms with Crippen LogP contribution in [0, 0.1) is 0 Å². The van der Waals surface area contributed by atoms with E-state index in [1.807, 2.05) is 12.1 Å². The zero-order chi connectivity index (χ0) is 19.9. The van der Waals surface area contributed by atoms with E-state index in [1.165, 1.54) is 7.11 Å². The van der Waals surface area contributed by atoms with Crippen molar-refractivity contribution in [1.29, 1.82) is 0 Å². The minimum Gasteiger partial charge on any atom is -0.490 e. The Labute approximate surface area is 166 Å². The molecule has 3 rings (SSSR count). The number of methoxy groups -OCH3 is 1. The zero-order valence-electron chi connectivity index (χ0n) is 15.1. The smallest absolute Gasteiger partial charge is 0.337 e. The molecule has 1 unspecified atom stereocenters. The summed E-state index contributed by atoms with van der Waals surface area (Å²) in [6.45, 7) is 0.701. The van der Waals surface area contributed by atoms with Gasteiger partial charge in [-0.05, 0) is 59.8 Å². The van der Waals surface area contributed by atoms with Crippen LogP contribution in [0.4, 0.5) is 4.79 Å². The molecule has 0 radical (unpaired) electrons. The topological polar surface area (TPSA) is 94.1 Å². The lowest BCUT2D eigenvalue weighted by molar-refractivity contribution is 0.0600. The van der Waals surface area contributed by atoms with E-state index in [9.17, 15) is 14.7 Å². The summed E-state index contributed by atoms with van der Waals surface area (Å²) in [7, 11) is 1.34. The van der Waals surface area contributed by atoms with Gasteiger partial charge in [0.1, 0.15) is 24.7 Å². The van der Waals surface area contributed by atoms with E-state index < -0.39 is 12.2 Å². The first-order valence-electron chi connectivity index (χ1n) is 8.47. The Bertz CT molecular complexity index is 863. The van der Waals surface area contributed by atoms with Crippen LogP contribution < -0.4 is 14.8 Å². The molecule has 1 aliphatic heterocycles. The Kier molecular flexibility index (Phi) is 6.57. The molecule has 0 aliphatic carbocycles. The van der Waals surface area contributed by atoms with Gasteiger partial charge in [0.05, 0.1) is 12.7 Å². The van der Waals surface area contributed by atoms with Crippen molar-refractivity contribution < 1.29 is 28.9 Å². The number of amides is 1. The number of carbonyl (C=O) groups is 2. The largest absolute Gasteiger partial charge is 0.490 e. The first kappa shape index (κ1) is 19.8. The van der Waals surface area contributed by atoms with Crippen molar-refractivity contribution in [1.82, 2.24) is 5.32 Å². The molecule has 0 saturated carbocycles. The number of thioether (sulfide) groups is 1. The second-order valence-electron chi connectivity index (χ2n) is 5.77. The Balaban J connectivity index is 1.44. The maximum Gasteiger partial charge on any atom is 0.337 e. The predicted molar refractivity (Wildman–Crippen MR) is 105 cm³/mol. The van der Waals surface area contributed by atoms with E-state index in [0.717, 1.165) is 17.3 Å². The normalized spacial score (nSPS) is 17.3. The molecule has 0 bridgehead atoms. The number of aliphatic hydroxyl groups is 1. The third kappa shape index (κ3) is 5.28. The van der Waals surface area contributed by atoms with E-state index in [4.69, 9.17) is 9.47 Å². The highest BCUT2D eigenvalue weighted by Gasteiger charge is 2.25. The molecule has 2 N–H and O–H groups in total. The molecule has 2 aromatic carbocycles. The number of ether oxygens (including phenoxy) is 3. The standard InChI is InChI=1S/C20H19NO6S/c1-25-19(23)14-4-8-16(9-5-14)27-11-10-26-15-6-2-13(3-7-15)12-17-18(22)21-20(24)28-17/h2-9,12,18,22H,10-11H2,1H3,(H,21,24)/b17-12+. The van der Waals surface area contributed by atoms with Crippen LogP contribution in [0.5, 0.6) is 11.5 Å². The van der Waals surface area contributed by atoms with Crippen molar-refractivity contribution in [2.45, 2.75) is 6.23 Å². The van der Waals surface area contributed by atoms with Crippen LogP contribution in [0.3, 0.4) is 0 Å².